The molecule has 0 bridgehead atoms. The van der Waals surface area contributed by atoms with Crippen LogP contribution in [0.3, 0.4) is 0 Å². The second-order valence-corrected chi connectivity index (χ2v) is 10.9. The molecule has 4 rings (SSSR count). The van der Waals surface area contributed by atoms with Crippen molar-refractivity contribution in [3.05, 3.63) is 53.1 Å². The van der Waals surface area contributed by atoms with Crippen molar-refractivity contribution in [3.8, 4) is 0 Å². The van der Waals surface area contributed by atoms with E-state index in [-0.39, 0.29) is 23.0 Å². The lowest BCUT2D eigenvalue weighted by Crippen LogP contribution is -2.49. The van der Waals surface area contributed by atoms with Gasteiger partial charge in [0.15, 0.2) is 15.0 Å². The zero-order valence-corrected chi connectivity index (χ0v) is 18.9. The van der Waals surface area contributed by atoms with Crippen LogP contribution in [0.25, 0.3) is 10.2 Å². The number of halogens is 1. The number of fused-ring (bicyclic) bond motifs is 1. The summed E-state index contributed by atoms with van der Waals surface area (Å²) in [5, 5.41) is 1.61. The van der Waals surface area contributed by atoms with Gasteiger partial charge in [0, 0.05) is 37.6 Å². The van der Waals surface area contributed by atoms with Gasteiger partial charge in [-0.25, -0.2) is 13.4 Å². The summed E-state index contributed by atoms with van der Waals surface area (Å²) in [4.78, 5) is 21.4. The second kappa shape index (κ2) is 8.53. The number of benzene rings is 2. The van der Waals surface area contributed by atoms with Gasteiger partial charge in [-0.1, -0.05) is 40.6 Å². The van der Waals surface area contributed by atoms with E-state index in [0.29, 0.717) is 31.2 Å². The number of rotatable bonds is 5. The fourth-order valence-electron chi connectivity index (χ4n) is 3.41. The SMILES string of the molecule is Cc1ccc(S(=O)(=O)CCC(=O)N2CCN(c3nc4ccc(Cl)cc4s3)CC2)cc1. The molecule has 1 aliphatic heterocycles. The first-order valence-electron chi connectivity index (χ1n) is 9.70. The molecule has 0 spiro atoms. The highest BCUT2D eigenvalue weighted by molar-refractivity contribution is 7.91. The summed E-state index contributed by atoms with van der Waals surface area (Å²) in [6.07, 6.45) is -0.00412. The van der Waals surface area contributed by atoms with Crippen LogP contribution >= 0.6 is 22.9 Å². The van der Waals surface area contributed by atoms with Crippen molar-refractivity contribution >= 4 is 54.0 Å². The molecule has 0 unspecified atom stereocenters. The Balaban J connectivity index is 1.33. The largest absolute Gasteiger partial charge is 0.345 e. The number of hydrogen-bond donors (Lipinski definition) is 0. The van der Waals surface area contributed by atoms with Crippen molar-refractivity contribution in [1.29, 1.82) is 0 Å². The number of carbonyl (C=O) groups is 1. The molecule has 0 saturated carbocycles. The molecule has 1 aromatic heterocycles. The van der Waals surface area contributed by atoms with Gasteiger partial charge in [-0.15, -0.1) is 0 Å². The van der Waals surface area contributed by atoms with E-state index in [1.807, 2.05) is 25.1 Å². The average molecular weight is 464 g/mol. The minimum atomic E-state index is -3.46. The Morgan fingerprint density at radius 3 is 2.50 bits per heavy atom. The molecular weight excluding hydrogens is 442 g/mol. The van der Waals surface area contributed by atoms with Gasteiger partial charge in [0.05, 0.1) is 20.9 Å². The van der Waals surface area contributed by atoms with Crippen molar-refractivity contribution in [2.75, 3.05) is 36.8 Å². The summed E-state index contributed by atoms with van der Waals surface area (Å²) in [5.41, 5.74) is 1.92. The van der Waals surface area contributed by atoms with Crippen molar-refractivity contribution in [3.63, 3.8) is 0 Å². The van der Waals surface area contributed by atoms with Gasteiger partial charge in [-0.3, -0.25) is 4.79 Å². The van der Waals surface area contributed by atoms with Crippen LogP contribution in [0.1, 0.15) is 12.0 Å². The lowest BCUT2D eigenvalue weighted by Gasteiger charge is -2.34. The van der Waals surface area contributed by atoms with Crippen LogP contribution in [0.2, 0.25) is 5.02 Å². The van der Waals surface area contributed by atoms with Gasteiger partial charge in [0.1, 0.15) is 0 Å². The molecule has 0 aliphatic carbocycles. The first kappa shape index (κ1) is 21.1. The fraction of sp³-hybridized carbons (Fsp3) is 0.333. The third-order valence-electron chi connectivity index (χ3n) is 5.21. The standard InChI is InChI=1S/C21H22ClN3O3S2/c1-15-2-5-17(6-3-15)30(27,28)13-8-20(26)24-9-11-25(12-10-24)21-23-18-7-4-16(22)14-19(18)29-21/h2-7,14H,8-13H2,1H3. The van der Waals surface area contributed by atoms with Crippen LogP contribution in [-0.4, -0.2) is 56.1 Å². The molecule has 6 nitrogen and oxygen atoms in total. The van der Waals surface area contributed by atoms with Gasteiger partial charge in [0.25, 0.3) is 0 Å². The van der Waals surface area contributed by atoms with Crippen LogP contribution in [0.5, 0.6) is 0 Å². The number of anilines is 1. The number of thiazole rings is 1. The third-order valence-corrected chi connectivity index (χ3v) is 8.25. The van der Waals surface area contributed by atoms with E-state index >= 15 is 0 Å². The Hall–Kier alpha value is -2.16. The normalized spacial score (nSPS) is 15.0. The second-order valence-electron chi connectivity index (χ2n) is 7.36. The highest BCUT2D eigenvalue weighted by Gasteiger charge is 2.25. The first-order chi connectivity index (χ1) is 14.3. The maximum Gasteiger partial charge on any atom is 0.223 e. The summed E-state index contributed by atoms with van der Waals surface area (Å²) in [7, 11) is -3.46. The molecule has 30 heavy (non-hydrogen) atoms. The molecule has 1 amide bonds. The van der Waals surface area contributed by atoms with E-state index in [4.69, 9.17) is 11.6 Å². The maximum absolute atomic E-state index is 12.6. The van der Waals surface area contributed by atoms with Gasteiger partial charge < -0.3 is 9.80 Å². The lowest BCUT2D eigenvalue weighted by atomic mass is 10.2. The van der Waals surface area contributed by atoms with Crippen molar-refractivity contribution in [2.24, 2.45) is 0 Å². The molecule has 2 aromatic carbocycles. The van der Waals surface area contributed by atoms with Crippen molar-refractivity contribution < 1.29 is 13.2 Å². The van der Waals surface area contributed by atoms with Crippen LogP contribution in [0, 0.1) is 6.92 Å². The van der Waals surface area contributed by atoms with Gasteiger partial charge >= 0.3 is 0 Å². The number of sulfone groups is 1. The molecule has 158 valence electrons. The summed E-state index contributed by atoms with van der Waals surface area (Å²) in [5.74, 6) is -0.297. The van der Waals surface area contributed by atoms with Crippen LogP contribution in [0.15, 0.2) is 47.4 Å². The number of amides is 1. The Labute approximate surface area is 185 Å². The molecule has 3 aromatic rings. The molecule has 2 heterocycles. The minimum Gasteiger partial charge on any atom is -0.345 e. The fourth-order valence-corrected chi connectivity index (χ4v) is 5.94. The van der Waals surface area contributed by atoms with Crippen LogP contribution in [0.4, 0.5) is 5.13 Å². The topological polar surface area (TPSA) is 70.6 Å². The van der Waals surface area contributed by atoms with Gasteiger partial charge in [-0.05, 0) is 37.3 Å². The number of carbonyl (C=O) groups excluding carboxylic acids is 1. The Kier molecular flexibility index (Phi) is 5.99. The van der Waals surface area contributed by atoms with Gasteiger partial charge in [-0.2, -0.15) is 0 Å². The molecule has 0 radical (unpaired) electrons. The molecule has 1 fully saturated rings. The monoisotopic (exact) mass is 463 g/mol. The summed E-state index contributed by atoms with van der Waals surface area (Å²) in [6, 6.07) is 12.4. The van der Waals surface area contributed by atoms with E-state index in [1.165, 1.54) is 0 Å². The minimum absolute atomic E-state index is 0.00412. The van der Waals surface area contributed by atoms with E-state index in [1.54, 1.807) is 40.5 Å². The zero-order chi connectivity index (χ0) is 21.3. The average Bonchev–Trinajstić information content (AvgIpc) is 3.16. The Morgan fingerprint density at radius 2 is 1.80 bits per heavy atom. The molecule has 1 saturated heterocycles. The number of aryl methyl sites for hydroxylation is 1. The third kappa shape index (κ3) is 4.61. The highest BCUT2D eigenvalue weighted by Crippen LogP contribution is 2.31. The predicted octanol–water partition coefficient (Wildman–Crippen LogP) is 3.77. The Bertz CT molecular complexity index is 1170. The number of piperazine rings is 1. The lowest BCUT2D eigenvalue weighted by molar-refractivity contribution is -0.131. The molecule has 9 heteroatoms. The maximum atomic E-state index is 12.6. The summed E-state index contributed by atoms with van der Waals surface area (Å²) in [6.45, 7) is 4.36. The first-order valence-corrected chi connectivity index (χ1v) is 12.5. The highest BCUT2D eigenvalue weighted by atomic mass is 35.5. The van der Waals surface area contributed by atoms with Crippen LogP contribution < -0.4 is 4.90 Å². The zero-order valence-electron chi connectivity index (χ0n) is 16.5. The van der Waals surface area contributed by atoms with Gasteiger partial charge in [0.2, 0.25) is 5.91 Å². The Morgan fingerprint density at radius 1 is 1.10 bits per heavy atom. The van der Waals surface area contributed by atoms with E-state index in [2.05, 4.69) is 9.88 Å². The molecule has 1 aliphatic rings. The molecule has 0 atom stereocenters. The predicted molar refractivity (Wildman–Crippen MR) is 121 cm³/mol. The van der Waals surface area contributed by atoms with Crippen molar-refractivity contribution in [2.45, 2.75) is 18.2 Å². The van der Waals surface area contributed by atoms with E-state index in [0.717, 1.165) is 20.9 Å². The van der Waals surface area contributed by atoms with E-state index < -0.39 is 9.84 Å². The molecule has 0 N–H and O–H groups in total. The van der Waals surface area contributed by atoms with Crippen molar-refractivity contribution in [1.82, 2.24) is 9.88 Å². The smallest absolute Gasteiger partial charge is 0.223 e. The van der Waals surface area contributed by atoms with E-state index in [9.17, 15) is 13.2 Å². The number of aromatic nitrogens is 1. The van der Waals surface area contributed by atoms with Crippen LogP contribution in [-0.2, 0) is 14.6 Å². The number of hydrogen-bond acceptors (Lipinski definition) is 6. The quantitative estimate of drug-likeness (QED) is 0.576. The number of nitrogens with zero attached hydrogens (tertiary/aromatic N) is 3. The molecular formula is C21H22ClN3O3S2. The summed E-state index contributed by atoms with van der Waals surface area (Å²) < 4.78 is 26.0. The summed E-state index contributed by atoms with van der Waals surface area (Å²) >= 11 is 7.64.